The molecule has 1 amide bonds. The van der Waals surface area contributed by atoms with Crippen molar-refractivity contribution in [2.45, 2.75) is 19.4 Å². The Balaban J connectivity index is 2.27. The third-order valence-electron chi connectivity index (χ3n) is 3.23. The number of aromatic hydroxyl groups is 1. The number of anilines is 1. The van der Waals surface area contributed by atoms with Gasteiger partial charge in [-0.2, -0.15) is 0 Å². The van der Waals surface area contributed by atoms with E-state index < -0.39 is 11.9 Å². The molecule has 4 N–H and O–H groups in total. The lowest BCUT2D eigenvalue weighted by Gasteiger charge is -2.17. The number of benzene rings is 1. The summed E-state index contributed by atoms with van der Waals surface area (Å²) in [6.07, 6.45) is 0.436. The van der Waals surface area contributed by atoms with Crippen molar-refractivity contribution in [2.24, 2.45) is 5.92 Å². The second-order valence-electron chi connectivity index (χ2n) is 4.65. The van der Waals surface area contributed by atoms with Gasteiger partial charge >= 0.3 is 5.97 Å². The molecule has 0 bridgehead atoms. The topological polar surface area (TPSA) is 98.7 Å². The molecule has 1 fully saturated rings. The fourth-order valence-corrected chi connectivity index (χ4v) is 2.32. The molecule has 1 aromatic carbocycles. The predicted molar refractivity (Wildman–Crippen MR) is 68.9 cm³/mol. The summed E-state index contributed by atoms with van der Waals surface area (Å²) < 4.78 is 0. The number of phenolic OH excluding ortho intramolecular Hbond substituents is 1. The Kier molecular flexibility index (Phi) is 3.71. The van der Waals surface area contributed by atoms with Crippen LogP contribution in [0.2, 0.25) is 0 Å². The van der Waals surface area contributed by atoms with E-state index in [0.717, 1.165) is 0 Å². The highest BCUT2D eigenvalue weighted by Gasteiger charge is 2.31. The number of carbonyl (C=O) groups excluding carboxylic acids is 1. The third kappa shape index (κ3) is 2.85. The monoisotopic (exact) mass is 264 g/mol. The van der Waals surface area contributed by atoms with Gasteiger partial charge < -0.3 is 20.8 Å². The van der Waals surface area contributed by atoms with Gasteiger partial charge in [0.05, 0.1) is 11.6 Å². The molecule has 1 aromatic rings. The highest BCUT2D eigenvalue weighted by atomic mass is 16.4. The molecule has 0 radical (unpaired) electrons. The largest absolute Gasteiger partial charge is 0.506 e. The SMILES string of the molecule is CC(=O)Nc1c(O)cccc1C1CC(C(=O)O)CN1. The number of carbonyl (C=O) groups is 2. The molecule has 2 atom stereocenters. The Bertz CT molecular complexity index is 515. The Hall–Kier alpha value is -2.08. The predicted octanol–water partition coefficient (Wildman–Crippen LogP) is 1.09. The molecule has 1 aliphatic rings. The lowest BCUT2D eigenvalue weighted by molar-refractivity contribution is -0.141. The summed E-state index contributed by atoms with van der Waals surface area (Å²) in [4.78, 5) is 22.1. The zero-order chi connectivity index (χ0) is 14.0. The molecule has 6 nitrogen and oxygen atoms in total. The number of phenols is 1. The van der Waals surface area contributed by atoms with E-state index in [0.29, 0.717) is 24.2 Å². The zero-order valence-electron chi connectivity index (χ0n) is 10.5. The molecule has 2 unspecified atom stereocenters. The Morgan fingerprint density at radius 3 is 2.74 bits per heavy atom. The van der Waals surface area contributed by atoms with Crippen LogP contribution in [-0.4, -0.2) is 28.6 Å². The van der Waals surface area contributed by atoms with Crippen molar-refractivity contribution in [3.8, 4) is 5.75 Å². The van der Waals surface area contributed by atoms with Crippen molar-refractivity contribution in [1.82, 2.24) is 5.32 Å². The van der Waals surface area contributed by atoms with Crippen molar-refractivity contribution in [3.63, 3.8) is 0 Å². The molecule has 0 spiro atoms. The average Bonchev–Trinajstić information content (AvgIpc) is 2.80. The van der Waals surface area contributed by atoms with Crippen molar-refractivity contribution in [1.29, 1.82) is 0 Å². The van der Waals surface area contributed by atoms with E-state index in [-0.39, 0.29) is 17.7 Å². The van der Waals surface area contributed by atoms with Crippen LogP contribution in [0.15, 0.2) is 18.2 Å². The van der Waals surface area contributed by atoms with Gasteiger partial charge in [-0.15, -0.1) is 0 Å². The van der Waals surface area contributed by atoms with Crippen LogP contribution in [0.4, 0.5) is 5.69 Å². The molecular weight excluding hydrogens is 248 g/mol. The molecule has 0 aliphatic carbocycles. The molecule has 1 aliphatic heterocycles. The van der Waals surface area contributed by atoms with E-state index in [1.807, 2.05) is 0 Å². The van der Waals surface area contributed by atoms with Crippen molar-refractivity contribution in [3.05, 3.63) is 23.8 Å². The summed E-state index contributed by atoms with van der Waals surface area (Å²) >= 11 is 0. The van der Waals surface area contributed by atoms with Crippen molar-refractivity contribution < 1.29 is 19.8 Å². The Labute approximate surface area is 110 Å². The first kappa shape index (κ1) is 13.4. The molecular formula is C13H16N2O4. The smallest absolute Gasteiger partial charge is 0.307 e. The number of hydrogen-bond donors (Lipinski definition) is 4. The van der Waals surface area contributed by atoms with Crippen molar-refractivity contribution in [2.75, 3.05) is 11.9 Å². The van der Waals surface area contributed by atoms with E-state index in [1.54, 1.807) is 12.1 Å². The molecule has 6 heteroatoms. The van der Waals surface area contributed by atoms with Gasteiger partial charge in [-0.1, -0.05) is 12.1 Å². The minimum atomic E-state index is -0.837. The molecule has 0 aromatic heterocycles. The molecule has 102 valence electrons. The van der Waals surface area contributed by atoms with Crippen LogP contribution in [0.1, 0.15) is 24.9 Å². The Morgan fingerprint density at radius 2 is 2.16 bits per heavy atom. The number of para-hydroxylation sites is 1. The number of hydrogen-bond acceptors (Lipinski definition) is 4. The first-order valence-corrected chi connectivity index (χ1v) is 6.04. The second-order valence-corrected chi connectivity index (χ2v) is 4.65. The summed E-state index contributed by atoms with van der Waals surface area (Å²) in [5.41, 5.74) is 1.05. The maximum atomic E-state index is 11.2. The van der Waals surface area contributed by atoms with Crippen LogP contribution < -0.4 is 10.6 Å². The highest BCUT2D eigenvalue weighted by Crippen LogP contribution is 2.36. The number of carboxylic acids is 1. The number of aliphatic carboxylic acids is 1. The first-order valence-electron chi connectivity index (χ1n) is 6.04. The number of rotatable bonds is 3. The van der Waals surface area contributed by atoms with Gasteiger partial charge in [0, 0.05) is 19.5 Å². The van der Waals surface area contributed by atoms with E-state index in [1.165, 1.54) is 13.0 Å². The molecule has 1 heterocycles. The van der Waals surface area contributed by atoms with Gasteiger partial charge in [0.2, 0.25) is 5.91 Å². The molecule has 2 rings (SSSR count). The maximum Gasteiger partial charge on any atom is 0.307 e. The molecule has 0 saturated carbocycles. The first-order chi connectivity index (χ1) is 8.99. The van der Waals surface area contributed by atoms with Crippen LogP contribution in [0.5, 0.6) is 5.75 Å². The van der Waals surface area contributed by atoms with E-state index in [2.05, 4.69) is 10.6 Å². The molecule has 1 saturated heterocycles. The summed E-state index contributed by atoms with van der Waals surface area (Å²) in [5.74, 6) is -1.59. The average molecular weight is 264 g/mol. The van der Waals surface area contributed by atoms with Gasteiger partial charge in [0.1, 0.15) is 5.75 Å². The third-order valence-corrected chi connectivity index (χ3v) is 3.23. The summed E-state index contributed by atoms with van der Waals surface area (Å²) in [7, 11) is 0. The maximum absolute atomic E-state index is 11.2. The summed E-state index contributed by atoms with van der Waals surface area (Å²) in [6, 6.07) is 4.74. The standard InChI is InChI=1S/C13H16N2O4/c1-7(16)15-12-9(3-2-4-11(12)17)10-5-8(6-14-10)13(18)19/h2-4,8,10,14,17H,5-6H2,1H3,(H,15,16)(H,18,19). The summed E-state index contributed by atoms with van der Waals surface area (Å²) in [6.45, 7) is 1.74. The summed E-state index contributed by atoms with van der Waals surface area (Å²) in [5, 5.41) is 24.5. The van der Waals surface area contributed by atoms with Crippen LogP contribution in [0.25, 0.3) is 0 Å². The quantitative estimate of drug-likeness (QED) is 0.612. The fraction of sp³-hybridized carbons (Fsp3) is 0.385. The minimum absolute atomic E-state index is 0.0201. The van der Waals surface area contributed by atoms with Gasteiger partial charge in [-0.05, 0) is 18.1 Å². The normalized spacial score (nSPS) is 22.2. The minimum Gasteiger partial charge on any atom is -0.506 e. The van der Waals surface area contributed by atoms with E-state index in [9.17, 15) is 14.7 Å². The fourth-order valence-electron chi connectivity index (χ4n) is 2.32. The zero-order valence-corrected chi connectivity index (χ0v) is 10.5. The molecule has 19 heavy (non-hydrogen) atoms. The number of carboxylic acid groups (broad SMARTS) is 1. The van der Waals surface area contributed by atoms with Gasteiger partial charge in [-0.25, -0.2) is 0 Å². The van der Waals surface area contributed by atoms with E-state index >= 15 is 0 Å². The van der Waals surface area contributed by atoms with Crippen molar-refractivity contribution >= 4 is 17.6 Å². The van der Waals surface area contributed by atoms with Gasteiger partial charge in [0.15, 0.2) is 0 Å². The van der Waals surface area contributed by atoms with Gasteiger partial charge in [0.25, 0.3) is 0 Å². The number of nitrogens with one attached hydrogen (secondary N) is 2. The second kappa shape index (κ2) is 5.27. The van der Waals surface area contributed by atoms with Crippen LogP contribution >= 0.6 is 0 Å². The highest BCUT2D eigenvalue weighted by molar-refractivity contribution is 5.91. The van der Waals surface area contributed by atoms with Crippen LogP contribution in [0, 0.1) is 5.92 Å². The van der Waals surface area contributed by atoms with Gasteiger partial charge in [-0.3, -0.25) is 9.59 Å². The van der Waals surface area contributed by atoms with Crippen LogP contribution in [-0.2, 0) is 9.59 Å². The van der Waals surface area contributed by atoms with E-state index in [4.69, 9.17) is 5.11 Å². The lowest BCUT2D eigenvalue weighted by Crippen LogP contribution is -2.18. The lowest BCUT2D eigenvalue weighted by atomic mass is 9.98. The number of amides is 1. The van der Waals surface area contributed by atoms with Crippen LogP contribution in [0.3, 0.4) is 0 Å². The Morgan fingerprint density at radius 1 is 1.42 bits per heavy atom.